The summed E-state index contributed by atoms with van der Waals surface area (Å²) in [6.07, 6.45) is -3.33. The molecule has 1 fully saturated rings. The van der Waals surface area contributed by atoms with Crippen LogP contribution in [0.5, 0.6) is 0 Å². The van der Waals surface area contributed by atoms with Crippen molar-refractivity contribution >= 4 is 35.6 Å². The normalized spacial score (nSPS) is 18.2. The minimum atomic E-state index is -4.53. The number of halogens is 5. The lowest BCUT2D eigenvalue weighted by Gasteiger charge is -2.13. The number of benzene rings is 1. The maximum atomic E-state index is 12.7. The van der Waals surface area contributed by atoms with E-state index in [4.69, 9.17) is 11.6 Å². The SMILES string of the molecule is Cl.O=C(CC1CCNC1)Nc1ccc(Cl)c(C(F)(F)F)c1. The summed E-state index contributed by atoms with van der Waals surface area (Å²) in [5, 5.41) is 5.24. The summed E-state index contributed by atoms with van der Waals surface area (Å²) < 4.78 is 38.1. The van der Waals surface area contributed by atoms with Crippen LogP contribution in [0.15, 0.2) is 18.2 Å². The summed E-state index contributed by atoms with van der Waals surface area (Å²) in [6.45, 7) is 1.64. The van der Waals surface area contributed by atoms with Gasteiger partial charge in [-0.1, -0.05) is 11.6 Å². The van der Waals surface area contributed by atoms with Crippen molar-refractivity contribution in [1.82, 2.24) is 5.32 Å². The Morgan fingerprint density at radius 3 is 2.71 bits per heavy atom. The maximum absolute atomic E-state index is 12.7. The number of rotatable bonds is 3. The molecule has 1 unspecified atom stereocenters. The van der Waals surface area contributed by atoms with E-state index in [0.717, 1.165) is 31.6 Å². The lowest BCUT2D eigenvalue weighted by Crippen LogP contribution is -2.18. The third-order valence-electron chi connectivity index (χ3n) is 3.19. The third-order valence-corrected chi connectivity index (χ3v) is 3.52. The molecular formula is C13H15Cl2F3N2O. The quantitative estimate of drug-likeness (QED) is 0.878. The van der Waals surface area contributed by atoms with Gasteiger partial charge in [-0.05, 0) is 43.6 Å². The van der Waals surface area contributed by atoms with Gasteiger partial charge in [-0.15, -0.1) is 12.4 Å². The van der Waals surface area contributed by atoms with E-state index < -0.39 is 11.7 Å². The number of anilines is 1. The van der Waals surface area contributed by atoms with Gasteiger partial charge in [0, 0.05) is 12.1 Å². The average molecular weight is 343 g/mol. The van der Waals surface area contributed by atoms with Crippen molar-refractivity contribution in [3.05, 3.63) is 28.8 Å². The first-order valence-corrected chi connectivity index (χ1v) is 6.61. The number of carbonyl (C=O) groups excluding carboxylic acids is 1. The monoisotopic (exact) mass is 342 g/mol. The second-order valence-electron chi connectivity index (χ2n) is 4.80. The van der Waals surface area contributed by atoms with E-state index in [1.807, 2.05) is 0 Å². The van der Waals surface area contributed by atoms with Crippen molar-refractivity contribution in [1.29, 1.82) is 0 Å². The predicted octanol–water partition coefficient (Wildman–Crippen LogP) is 3.72. The number of nitrogens with one attached hydrogen (secondary N) is 2. The second kappa shape index (κ2) is 7.33. The summed E-state index contributed by atoms with van der Waals surface area (Å²) in [5.74, 6) is -0.0430. The van der Waals surface area contributed by atoms with Gasteiger partial charge in [-0.2, -0.15) is 13.2 Å². The van der Waals surface area contributed by atoms with Crippen LogP contribution in [-0.4, -0.2) is 19.0 Å². The van der Waals surface area contributed by atoms with Crippen molar-refractivity contribution < 1.29 is 18.0 Å². The van der Waals surface area contributed by atoms with Crippen molar-refractivity contribution in [3.8, 4) is 0 Å². The first kappa shape index (κ1) is 18.1. The fourth-order valence-corrected chi connectivity index (χ4v) is 2.41. The molecule has 1 heterocycles. The molecule has 118 valence electrons. The minimum Gasteiger partial charge on any atom is -0.326 e. The van der Waals surface area contributed by atoms with Gasteiger partial charge < -0.3 is 10.6 Å². The molecule has 1 aliphatic rings. The number of alkyl halides is 3. The van der Waals surface area contributed by atoms with Gasteiger partial charge >= 0.3 is 6.18 Å². The van der Waals surface area contributed by atoms with Crippen LogP contribution in [0.2, 0.25) is 5.02 Å². The largest absolute Gasteiger partial charge is 0.417 e. The van der Waals surface area contributed by atoms with Crippen molar-refractivity contribution in [3.63, 3.8) is 0 Å². The summed E-state index contributed by atoms with van der Waals surface area (Å²) in [5.41, 5.74) is -0.836. The molecule has 2 rings (SSSR count). The Bertz CT molecular complexity index is 503. The molecule has 1 aromatic rings. The second-order valence-corrected chi connectivity index (χ2v) is 5.21. The van der Waals surface area contributed by atoms with Crippen LogP contribution in [-0.2, 0) is 11.0 Å². The molecule has 0 spiro atoms. The molecule has 3 nitrogen and oxygen atoms in total. The zero-order valence-corrected chi connectivity index (χ0v) is 12.5. The first-order chi connectivity index (χ1) is 9.36. The Balaban J connectivity index is 0.00000220. The molecule has 2 N–H and O–H groups in total. The fourth-order valence-electron chi connectivity index (χ4n) is 2.18. The van der Waals surface area contributed by atoms with Crippen LogP contribution in [0.4, 0.5) is 18.9 Å². The Labute approximate surface area is 131 Å². The fraction of sp³-hybridized carbons (Fsp3) is 0.462. The molecule has 1 amide bonds. The molecule has 0 aliphatic carbocycles. The molecule has 21 heavy (non-hydrogen) atoms. The van der Waals surface area contributed by atoms with Crippen LogP contribution in [0.3, 0.4) is 0 Å². The van der Waals surface area contributed by atoms with E-state index in [9.17, 15) is 18.0 Å². The Kier molecular flexibility index (Phi) is 6.31. The van der Waals surface area contributed by atoms with Crippen molar-refractivity contribution in [2.24, 2.45) is 5.92 Å². The highest BCUT2D eigenvalue weighted by Gasteiger charge is 2.33. The average Bonchev–Trinajstić information content (AvgIpc) is 2.83. The smallest absolute Gasteiger partial charge is 0.326 e. The van der Waals surface area contributed by atoms with Crippen LogP contribution in [0.25, 0.3) is 0 Å². The van der Waals surface area contributed by atoms with E-state index >= 15 is 0 Å². The highest BCUT2D eigenvalue weighted by molar-refractivity contribution is 6.31. The van der Waals surface area contributed by atoms with Crippen LogP contribution < -0.4 is 10.6 Å². The zero-order valence-electron chi connectivity index (χ0n) is 11.0. The van der Waals surface area contributed by atoms with Crippen molar-refractivity contribution in [2.75, 3.05) is 18.4 Å². The molecule has 8 heteroatoms. The minimum absolute atomic E-state index is 0. The predicted molar refractivity (Wildman–Crippen MR) is 77.9 cm³/mol. The van der Waals surface area contributed by atoms with E-state index in [2.05, 4.69) is 10.6 Å². The Morgan fingerprint density at radius 2 is 2.14 bits per heavy atom. The van der Waals surface area contributed by atoms with Crippen LogP contribution >= 0.6 is 24.0 Å². The standard InChI is InChI=1S/C13H14ClF3N2O.ClH/c14-11-2-1-9(6-10(11)13(15,16)17)19-12(20)5-8-3-4-18-7-8;/h1-2,6,8,18H,3-5,7H2,(H,19,20);1H. The highest BCUT2D eigenvalue weighted by Crippen LogP contribution is 2.36. The molecule has 1 aliphatic heterocycles. The summed E-state index contributed by atoms with van der Waals surface area (Å²) in [6, 6.07) is 3.35. The molecular weight excluding hydrogens is 328 g/mol. The highest BCUT2D eigenvalue weighted by atomic mass is 35.5. The van der Waals surface area contributed by atoms with Crippen LogP contribution in [0.1, 0.15) is 18.4 Å². The van der Waals surface area contributed by atoms with Crippen molar-refractivity contribution in [2.45, 2.75) is 19.0 Å². The molecule has 1 aromatic carbocycles. The van der Waals surface area contributed by atoms with Gasteiger partial charge in [0.2, 0.25) is 5.91 Å². The van der Waals surface area contributed by atoms with Gasteiger partial charge in [-0.3, -0.25) is 4.79 Å². The number of carbonyl (C=O) groups is 1. The third kappa shape index (κ3) is 5.05. The van der Waals surface area contributed by atoms with E-state index in [-0.39, 0.29) is 34.9 Å². The van der Waals surface area contributed by atoms with E-state index in [0.29, 0.717) is 6.42 Å². The number of amides is 1. The molecule has 0 saturated carbocycles. The summed E-state index contributed by atoms with van der Waals surface area (Å²) in [4.78, 5) is 11.8. The maximum Gasteiger partial charge on any atom is 0.417 e. The molecule has 1 saturated heterocycles. The van der Waals surface area contributed by atoms with Gasteiger partial charge in [-0.25, -0.2) is 0 Å². The topological polar surface area (TPSA) is 41.1 Å². The first-order valence-electron chi connectivity index (χ1n) is 6.23. The molecule has 1 atom stereocenters. The Morgan fingerprint density at radius 1 is 1.43 bits per heavy atom. The lowest BCUT2D eigenvalue weighted by molar-refractivity contribution is -0.137. The van der Waals surface area contributed by atoms with Gasteiger partial charge in [0.1, 0.15) is 0 Å². The van der Waals surface area contributed by atoms with Gasteiger partial charge in [0.15, 0.2) is 0 Å². The molecule has 0 radical (unpaired) electrons. The molecule has 0 aromatic heterocycles. The van der Waals surface area contributed by atoms with Gasteiger partial charge in [0.25, 0.3) is 0 Å². The zero-order chi connectivity index (χ0) is 14.8. The lowest BCUT2D eigenvalue weighted by atomic mass is 10.0. The Hall–Kier alpha value is -0.980. The summed E-state index contributed by atoms with van der Waals surface area (Å²) in [7, 11) is 0. The number of hydrogen-bond donors (Lipinski definition) is 2. The summed E-state index contributed by atoms with van der Waals surface area (Å²) >= 11 is 5.51. The van der Waals surface area contributed by atoms with Crippen LogP contribution in [0, 0.1) is 5.92 Å². The molecule has 0 bridgehead atoms. The van der Waals surface area contributed by atoms with E-state index in [1.54, 1.807) is 0 Å². The van der Waals surface area contributed by atoms with Gasteiger partial charge in [0.05, 0.1) is 10.6 Å². The van der Waals surface area contributed by atoms with E-state index in [1.165, 1.54) is 6.07 Å². The number of hydrogen-bond acceptors (Lipinski definition) is 2.